The van der Waals surface area contributed by atoms with Gasteiger partial charge in [-0.05, 0) is 6.92 Å². The monoisotopic (exact) mass is 127 g/mol. The fourth-order valence-electron chi connectivity index (χ4n) is 1.64. The average Bonchev–Trinajstić information content (AvgIpc) is 2.22. The van der Waals surface area contributed by atoms with Gasteiger partial charge in [-0.2, -0.15) is 0 Å². The highest BCUT2D eigenvalue weighted by Gasteiger charge is 2.39. The lowest BCUT2D eigenvalue weighted by molar-refractivity contribution is 0.237. The second-order valence-corrected chi connectivity index (χ2v) is 3.21. The van der Waals surface area contributed by atoms with Gasteiger partial charge in [0, 0.05) is 32.0 Å². The van der Waals surface area contributed by atoms with Gasteiger partial charge in [-0.25, -0.2) is 0 Å². The van der Waals surface area contributed by atoms with E-state index in [1.54, 1.807) is 0 Å². The summed E-state index contributed by atoms with van der Waals surface area (Å²) >= 11 is 0. The zero-order valence-corrected chi connectivity index (χ0v) is 5.78. The molecule has 3 nitrogen and oxygen atoms in total. The van der Waals surface area contributed by atoms with Gasteiger partial charge < -0.3 is 10.6 Å². The van der Waals surface area contributed by atoms with Crippen LogP contribution in [0.4, 0.5) is 0 Å². The Labute approximate surface area is 55.4 Å². The summed E-state index contributed by atoms with van der Waals surface area (Å²) in [6.07, 6.45) is 0. The Balaban J connectivity index is 2.17. The molecule has 0 spiro atoms. The molecule has 0 unspecified atom stereocenters. The van der Waals surface area contributed by atoms with Crippen molar-refractivity contribution < 1.29 is 0 Å². The van der Waals surface area contributed by atoms with Crippen LogP contribution in [-0.4, -0.2) is 36.9 Å². The maximum atomic E-state index is 3.35. The molecule has 0 atom stereocenters. The zero-order valence-electron chi connectivity index (χ0n) is 5.78. The molecule has 0 saturated carbocycles. The van der Waals surface area contributed by atoms with Crippen LogP contribution in [0.5, 0.6) is 0 Å². The van der Waals surface area contributed by atoms with Crippen LogP contribution in [0.3, 0.4) is 0 Å². The van der Waals surface area contributed by atoms with Gasteiger partial charge in [0.15, 0.2) is 0 Å². The van der Waals surface area contributed by atoms with Crippen LogP contribution in [-0.2, 0) is 0 Å². The van der Waals surface area contributed by atoms with Gasteiger partial charge in [0.1, 0.15) is 0 Å². The quantitative estimate of drug-likeness (QED) is 0.444. The first-order chi connectivity index (χ1) is 4.31. The average molecular weight is 127 g/mol. The van der Waals surface area contributed by atoms with Gasteiger partial charge in [-0.15, -0.1) is 0 Å². The number of hydrogen-bond acceptors (Lipinski definition) is 3. The van der Waals surface area contributed by atoms with Crippen molar-refractivity contribution in [2.24, 2.45) is 0 Å². The van der Waals surface area contributed by atoms with Crippen molar-refractivity contribution in [2.75, 3.05) is 26.4 Å². The molecule has 0 aromatic heterocycles. The molecular formula is C6H13N3. The van der Waals surface area contributed by atoms with E-state index in [1.165, 1.54) is 0 Å². The molecule has 0 aromatic carbocycles. The highest BCUT2D eigenvalue weighted by atomic mass is 15.4. The molecule has 2 heterocycles. The lowest BCUT2D eigenvalue weighted by Crippen LogP contribution is -2.39. The zero-order chi connectivity index (χ0) is 6.32. The third kappa shape index (κ3) is 0.689. The van der Waals surface area contributed by atoms with Gasteiger partial charge in [0.2, 0.25) is 0 Å². The van der Waals surface area contributed by atoms with Crippen LogP contribution in [0.1, 0.15) is 6.92 Å². The van der Waals surface area contributed by atoms with Crippen LogP contribution in [0.15, 0.2) is 0 Å². The summed E-state index contributed by atoms with van der Waals surface area (Å²) in [7, 11) is 0. The topological polar surface area (TPSA) is 27.3 Å². The van der Waals surface area contributed by atoms with Gasteiger partial charge >= 0.3 is 0 Å². The fourth-order valence-corrected chi connectivity index (χ4v) is 1.64. The maximum Gasteiger partial charge on any atom is 0.0499 e. The molecule has 0 aliphatic carbocycles. The smallest absolute Gasteiger partial charge is 0.0499 e. The van der Waals surface area contributed by atoms with E-state index >= 15 is 0 Å². The predicted molar refractivity (Wildman–Crippen MR) is 36.0 cm³/mol. The van der Waals surface area contributed by atoms with Crippen molar-refractivity contribution in [1.29, 1.82) is 0 Å². The Bertz CT molecular complexity index is 113. The molecule has 0 aromatic rings. The van der Waals surface area contributed by atoms with Crippen molar-refractivity contribution in [3.8, 4) is 0 Å². The summed E-state index contributed by atoms with van der Waals surface area (Å²) in [5.74, 6) is 0. The van der Waals surface area contributed by atoms with Gasteiger partial charge in [0.05, 0.1) is 0 Å². The fraction of sp³-hybridized carbons (Fsp3) is 1.00. The van der Waals surface area contributed by atoms with Crippen molar-refractivity contribution in [1.82, 2.24) is 15.5 Å². The molecule has 0 radical (unpaired) electrons. The molecule has 0 amide bonds. The second kappa shape index (κ2) is 1.68. The number of rotatable bonds is 0. The largest absolute Gasteiger partial charge is 0.302 e. The molecule has 2 aliphatic heterocycles. The Hall–Kier alpha value is -0.120. The van der Waals surface area contributed by atoms with Crippen molar-refractivity contribution in [3.63, 3.8) is 0 Å². The highest BCUT2D eigenvalue weighted by molar-refractivity contribution is 4.98. The first kappa shape index (κ1) is 5.65. The summed E-state index contributed by atoms with van der Waals surface area (Å²) < 4.78 is 0. The molecule has 2 aliphatic rings. The van der Waals surface area contributed by atoms with Crippen molar-refractivity contribution >= 4 is 0 Å². The molecule has 9 heavy (non-hydrogen) atoms. The minimum atomic E-state index is 0.417. The van der Waals surface area contributed by atoms with Crippen LogP contribution >= 0.6 is 0 Å². The number of nitrogens with zero attached hydrogens (tertiary/aromatic N) is 1. The minimum absolute atomic E-state index is 0.417. The van der Waals surface area contributed by atoms with Crippen LogP contribution < -0.4 is 10.6 Å². The first-order valence-corrected chi connectivity index (χ1v) is 3.48. The summed E-state index contributed by atoms with van der Waals surface area (Å²) in [5.41, 5.74) is 0.417. The summed E-state index contributed by atoms with van der Waals surface area (Å²) in [6, 6.07) is 0. The standard InChI is InChI=1S/C6H13N3/c1-6-2-7-4-9(6)5-8-3-6/h7-8H,2-5H2,1H3. The number of fused-ring (bicyclic) bond motifs is 1. The molecule has 2 fully saturated rings. The van der Waals surface area contributed by atoms with Gasteiger partial charge in [-0.3, -0.25) is 4.90 Å². The molecule has 2 N–H and O–H groups in total. The van der Waals surface area contributed by atoms with E-state index in [0.717, 1.165) is 26.4 Å². The van der Waals surface area contributed by atoms with Crippen molar-refractivity contribution in [3.05, 3.63) is 0 Å². The Morgan fingerprint density at radius 1 is 1.22 bits per heavy atom. The molecule has 3 heteroatoms. The Morgan fingerprint density at radius 2 is 1.78 bits per heavy atom. The minimum Gasteiger partial charge on any atom is -0.302 e. The Kier molecular flexibility index (Phi) is 1.06. The molecule has 52 valence electrons. The van der Waals surface area contributed by atoms with E-state index in [1.807, 2.05) is 0 Å². The Morgan fingerprint density at radius 3 is 2.22 bits per heavy atom. The van der Waals surface area contributed by atoms with Gasteiger partial charge in [-0.1, -0.05) is 0 Å². The van der Waals surface area contributed by atoms with E-state index in [4.69, 9.17) is 0 Å². The van der Waals surface area contributed by atoms with E-state index in [-0.39, 0.29) is 0 Å². The molecule has 2 rings (SSSR count). The predicted octanol–water partition coefficient (Wildman–Crippen LogP) is -0.831. The number of hydrogen-bond donors (Lipinski definition) is 2. The summed E-state index contributed by atoms with van der Waals surface area (Å²) in [6.45, 7) is 6.69. The normalized spacial score (nSPS) is 33.0. The third-order valence-electron chi connectivity index (χ3n) is 2.38. The second-order valence-electron chi connectivity index (χ2n) is 3.21. The van der Waals surface area contributed by atoms with Crippen LogP contribution in [0.2, 0.25) is 0 Å². The van der Waals surface area contributed by atoms with Crippen LogP contribution in [0.25, 0.3) is 0 Å². The van der Waals surface area contributed by atoms with E-state index in [2.05, 4.69) is 22.5 Å². The lowest BCUT2D eigenvalue weighted by atomic mass is 10.1. The summed E-state index contributed by atoms with van der Waals surface area (Å²) in [5, 5.41) is 6.70. The van der Waals surface area contributed by atoms with Crippen LogP contribution in [0, 0.1) is 0 Å². The third-order valence-corrected chi connectivity index (χ3v) is 2.38. The molecule has 0 bridgehead atoms. The SMILES string of the molecule is CC12CNCN1CNC2. The van der Waals surface area contributed by atoms with E-state index in [9.17, 15) is 0 Å². The van der Waals surface area contributed by atoms with E-state index < -0.39 is 0 Å². The van der Waals surface area contributed by atoms with E-state index in [0.29, 0.717) is 5.54 Å². The van der Waals surface area contributed by atoms with Crippen molar-refractivity contribution in [2.45, 2.75) is 12.5 Å². The molecule has 2 saturated heterocycles. The number of nitrogens with one attached hydrogen (secondary N) is 2. The molecular weight excluding hydrogens is 114 g/mol. The summed E-state index contributed by atoms with van der Waals surface area (Å²) in [4.78, 5) is 2.44. The lowest BCUT2D eigenvalue weighted by Gasteiger charge is -2.23. The maximum absolute atomic E-state index is 3.35. The highest BCUT2D eigenvalue weighted by Crippen LogP contribution is 2.20. The first-order valence-electron chi connectivity index (χ1n) is 3.48. The van der Waals surface area contributed by atoms with Gasteiger partial charge in [0.25, 0.3) is 0 Å².